The predicted octanol–water partition coefficient (Wildman–Crippen LogP) is 1.68. The highest BCUT2D eigenvalue weighted by Crippen LogP contribution is 2.03. The van der Waals surface area contributed by atoms with Crippen LogP contribution in [0.5, 0.6) is 0 Å². The Morgan fingerprint density at radius 2 is 2.12 bits per heavy atom. The summed E-state index contributed by atoms with van der Waals surface area (Å²) in [4.78, 5) is 11.5. The number of hydrogen-bond acceptors (Lipinski definition) is 4. The highest BCUT2D eigenvalue weighted by atomic mass is 16.1. The molecule has 1 aromatic heterocycles. The number of carbonyl (C=O) groups excluding carboxylic acids is 1. The molecule has 0 aliphatic carbocycles. The lowest BCUT2D eigenvalue weighted by Crippen LogP contribution is -2.25. The first-order valence-electron chi connectivity index (χ1n) is 5.99. The van der Waals surface area contributed by atoms with Crippen molar-refractivity contribution in [3.63, 3.8) is 0 Å². The molecule has 0 fully saturated rings. The molecule has 0 spiro atoms. The van der Waals surface area contributed by atoms with Crippen LogP contribution in [-0.2, 0) is 0 Å². The van der Waals surface area contributed by atoms with E-state index in [1.807, 2.05) is 6.92 Å². The normalized spacial score (nSPS) is 10.4. The highest BCUT2D eigenvalue weighted by Gasteiger charge is 2.06. The largest absolute Gasteiger partial charge is 0.368 e. The van der Waals surface area contributed by atoms with Gasteiger partial charge < -0.3 is 10.6 Å². The van der Waals surface area contributed by atoms with Crippen LogP contribution in [0.15, 0.2) is 12.1 Å². The number of nitrogens with zero attached hydrogens (tertiary/aromatic N) is 2. The van der Waals surface area contributed by atoms with Gasteiger partial charge in [-0.1, -0.05) is 20.8 Å². The van der Waals surface area contributed by atoms with Gasteiger partial charge in [0, 0.05) is 13.1 Å². The van der Waals surface area contributed by atoms with Gasteiger partial charge in [-0.15, -0.1) is 10.2 Å². The second-order valence-corrected chi connectivity index (χ2v) is 4.33. The summed E-state index contributed by atoms with van der Waals surface area (Å²) in [6.45, 7) is 7.74. The molecule has 2 N–H and O–H groups in total. The van der Waals surface area contributed by atoms with E-state index in [0.29, 0.717) is 24.0 Å². The lowest BCUT2D eigenvalue weighted by molar-refractivity contribution is 0.0947. The molecule has 0 saturated carbocycles. The summed E-state index contributed by atoms with van der Waals surface area (Å²) in [7, 11) is 0. The Hall–Kier alpha value is -1.65. The van der Waals surface area contributed by atoms with Crippen LogP contribution in [0.1, 0.15) is 37.7 Å². The molecule has 0 radical (unpaired) electrons. The maximum Gasteiger partial charge on any atom is 0.271 e. The van der Waals surface area contributed by atoms with E-state index in [0.717, 1.165) is 13.0 Å². The summed E-state index contributed by atoms with van der Waals surface area (Å²) in [6.07, 6.45) is 0.910. The maximum absolute atomic E-state index is 11.5. The predicted molar refractivity (Wildman–Crippen MR) is 68.0 cm³/mol. The molecule has 0 unspecified atom stereocenters. The quantitative estimate of drug-likeness (QED) is 0.788. The zero-order valence-corrected chi connectivity index (χ0v) is 10.7. The Balaban J connectivity index is 2.52. The maximum atomic E-state index is 11.5. The molecule has 1 rings (SSSR count). The zero-order chi connectivity index (χ0) is 12.7. The fourth-order valence-electron chi connectivity index (χ4n) is 1.19. The van der Waals surface area contributed by atoms with E-state index in [2.05, 4.69) is 34.7 Å². The first kappa shape index (κ1) is 13.4. The Labute approximate surface area is 102 Å². The molecule has 1 amide bonds. The first-order chi connectivity index (χ1) is 8.13. The Morgan fingerprint density at radius 1 is 1.35 bits per heavy atom. The molecule has 0 saturated heterocycles. The molecule has 1 aromatic rings. The van der Waals surface area contributed by atoms with Crippen molar-refractivity contribution in [2.45, 2.75) is 27.2 Å². The van der Waals surface area contributed by atoms with Crippen molar-refractivity contribution in [3.8, 4) is 0 Å². The van der Waals surface area contributed by atoms with Crippen molar-refractivity contribution in [2.24, 2.45) is 5.92 Å². The van der Waals surface area contributed by atoms with Crippen LogP contribution in [0.25, 0.3) is 0 Å². The summed E-state index contributed by atoms with van der Waals surface area (Å²) in [5.41, 5.74) is 0.355. The average molecular weight is 236 g/mol. The molecular formula is C12H20N4O. The molecular weight excluding hydrogens is 216 g/mol. The van der Waals surface area contributed by atoms with Gasteiger partial charge in [0.25, 0.3) is 5.91 Å². The van der Waals surface area contributed by atoms with Crippen molar-refractivity contribution in [2.75, 3.05) is 18.4 Å². The van der Waals surface area contributed by atoms with E-state index in [-0.39, 0.29) is 5.91 Å². The lowest BCUT2D eigenvalue weighted by Gasteiger charge is -2.07. The molecule has 5 nitrogen and oxygen atoms in total. The minimum Gasteiger partial charge on any atom is -0.368 e. The van der Waals surface area contributed by atoms with Crippen molar-refractivity contribution < 1.29 is 4.79 Å². The number of amides is 1. The van der Waals surface area contributed by atoms with E-state index in [1.165, 1.54) is 0 Å². The Kier molecular flexibility index (Phi) is 5.39. The molecule has 94 valence electrons. The lowest BCUT2D eigenvalue weighted by atomic mass is 10.2. The van der Waals surface area contributed by atoms with Crippen molar-refractivity contribution in [3.05, 3.63) is 17.8 Å². The van der Waals surface area contributed by atoms with E-state index in [9.17, 15) is 4.79 Å². The van der Waals surface area contributed by atoms with Crippen molar-refractivity contribution >= 4 is 11.7 Å². The number of hydrogen-bond donors (Lipinski definition) is 2. The standard InChI is InChI=1S/C12H20N4O/c1-4-7-13-12(17)10-5-6-11(16-15-10)14-8-9(2)3/h5-6,9H,4,7-8H2,1-3H3,(H,13,17)(H,14,16). The van der Waals surface area contributed by atoms with Crippen LogP contribution >= 0.6 is 0 Å². The Morgan fingerprint density at radius 3 is 2.65 bits per heavy atom. The number of carbonyl (C=O) groups is 1. The Bertz CT molecular complexity index is 348. The summed E-state index contributed by atoms with van der Waals surface area (Å²) in [6, 6.07) is 3.46. The van der Waals surface area contributed by atoms with Gasteiger partial charge in [-0.25, -0.2) is 0 Å². The van der Waals surface area contributed by atoms with Gasteiger partial charge in [0.2, 0.25) is 0 Å². The fraction of sp³-hybridized carbons (Fsp3) is 0.583. The van der Waals surface area contributed by atoms with E-state index < -0.39 is 0 Å². The van der Waals surface area contributed by atoms with Gasteiger partial charge in [0.05, 0.1) is 0 Å². The van der Waals surface area contributed by atoms with Gasteiger partial charge in [0.1, 0.15) is 5.82 Å². The fourth-order valence-corrected chi connectivity index (χ4v) is 1.19. The van der Waals surface area contributed by atoms with Crippen molar-refractivity contribution in [1.82, 2.24) is 15.5 Å². The molecule has 0 aromatic carbocycles. The minimum absolute atomic E-state index is 0.172. The highest BCUT2D eigenvalue weighted by molar-refractivity contribution is 5.92. The summed E-state index contributed by atoms with van der Waals surface area (Å²) >= 11 is 0. The van der Waals surface area contributed by atoms with Crippen LogP contribution in [0.4, 0.5) is 5.82 Å². The smallest absolute Gasteiger partial charge is 0.271 e. The van der Waals surface area contributed by atoms with Crippen molar-refractivity contribution in [1.29, 1.82) is 0 Å². The average Bonchev–Trinajstić information content (AvgIpc) is 2.34. The van der Waals surface area contributed by atoms with Gasteiger partial charge in [-0.3, -0.25) is 4.79 Å². The van der Waals surface area contributed by atoms with Crippen LogP contribution in [0, 0.1) is 5.92 Å². The van der Waals surface area contributed by atoms with Gasteiger partial charge in [-0.2, -0.15) is 0 Å². The third kappa shape index (κ3) is 4.80. The molecule has 1 heterocycles. The van der Waals surface area contributed by atoms with Gasteiger partial charge in [0.15, 0.2) is 5.69 Å². The molecule has 0 aliphatic rings. The summed E-state index contributed by atoms with van der Waals surface area (Å²) in [5.74, 6) is 1.07. The number of aromatic nitrogens is 2. The zero-order valence-electron chi connectivity index (χ0n) is 10.7. The van der Waals surface area contributed by atoms with Gasteiger partial charge >= 0.3 is 0 Å². The number of nitrogens with one attached hydrogen (secondary N) is 2. The van der Waals surface area contributed by atoms with Crippen LogP contribution in [0.2, 0.25) is 0 Å². The van der Waals surface area contributed by atoms with E-state index in [1.54, 1.807) is 12.1 Å². The van der Waals surface area contributed by atoms with E-state index >= 15 is 0 Å². The second-order valence-electron chi connectivity index (χ2n) is 4.33. The third-order valence-corrected chi connectivity index (χ3v) is 2.12. The molecule has 5 heteroatoms. The topological polar surface area (TPSA) is 66.9 Å². The van der Waals surface area contributed by atoms with E-state index in [4.69, 9.17) is 0 Å². The molecule has 0 bridgehead atoms. The van der Waals surface area contributed by atoms with Crippen LogP contribution in [-0.4, -0.2) is 29.2 Å². The van der Waals surface area contributed by atoms with Crippen LogP contribution < -0.4 is 10.6 Å². The minimum atomic E-state index is -0.172. The number of anilines is 1. The SMILES string of the molecule is CCCNC(=O)c1ccc(NCC(C)C)nn1. The summed E-state index contributed by atoms with van der Waals surface area (Å²) < 4.78 is 0. The monoisotopic (exact) mass is 236 g/mol. The van der Waals surface area contributed by atoms with Crippen LogP contribution in [0.3, 0.4) is 0 Å². The first-order valence-corrected chi connectivity index (χ1v) is 5.99. The summed E-state index contributed by atoms with van der Waals surface area (Å²) in [5, 5.41) is 13.7. The third-order valence-electron chi connectivity index (χ3n) is 2.12. The second kappa shape index (κ2) is 6.83. The molecule has 17 heavy (non-hydrogen) atoms. The molecule has 0 aliphatic heterocycles. The van der Waals surface area contributed by atoms with Gasteiger partial charge in [-0.05, 0) is 24.5 Å². The number of rotatable bonds is 6. The molecule has 0 atom stereocenters.